The minimum absolute atomic E-state index is 0.0423. The normalized spacial score (nSPS) is 10.5. The Morgan fingerprint density at radius 1 is 1.41 bits per heavy atom. The molecule has 0 aliphatic carbocycles. The van der Waals surface area contributed by atoms with E-state index in [0.29, 0.717) is 15.7 Å². The lowest BCUT2D eigenvalue weighted by molar-refractivity contribution is 0.580. The Balaban J connectivity index is 2.35. The summed E-state index contributed by atoms with van der Waals surface area (Å²) in [6.45, 7) is 1.79. The minimum Gasteiger partial charge on any atom is -0.381 e. The van der Waals surface area contributed by atoms with Crippen LogP contribution in [0.5, 0.6) is 0 Å². The first-order valence-electron chi connectivity index (χ1n) is 4.65. The Morgan fingerprint density at radius 2 is 2.18 bits per heavy atom. The molecule has 17 heavy (non-hydrogen) atoms. The van der Waals surface area contributed by atoms with Gasteiger partial charge in [-0.3, -0.25) is 0 Å². The van der Waals surface area contributed by atoms with Crippen molar-refractivity contribution in [3.8, 4) is 0 Å². The molecule has 0 amide bonds. The van der Waals surface area contributed by atoms with Crippen LogP contribution in [0.4, 0.5) is 10.2 Å². The van der Waals surface area contributed by atoms with Gasteiger partial charge in [0.2, 0.25) is 5.95 Å². The first-order valence-corrected chi connectivity index (χ1v) is 5.84. The number of hydrogen-bond donors (Lipinski definition) is 1. The second-order valence-corrected chi connectivity index (χ2v) is 4.63. The van der Waals surface area contributed by atoms with E-state index in [4.69, 9.17) is 17.3 Å². The van der Waals surface area contributed by atoms with E-state index < -0.39 is 5.95 Å². The molecule has 0 aliphatic rings. The summed E-state index contributed by atoms with van der Waals surface area (Å²) in [7, 11) is 0. The van der Waals surface area contributed by atoms with E-state index in [2.05, 4.69) is 15.0 Å². The molecular weight excluding hydrogens is 263 g/mol. The third kappa shape index (κ3) is 2.65. The number of hydrogen-bond acceptors (Lipinski definition) is 5. The molecule has 0 bridgehead atoms. The van der Waals surface area contributed by atoms with Crippen LogP contribution in [0.15, 0.2) is 28.4 Å². The summed E-state index contributed by atoms with van der Waals surface area (Å²) in [4.78, 5) is 12.1. The highest BCUT2D eigenvalue weighted by atomic mass is 35.5. The predicted octanol–water partition coefficient (Wildman–Crippen LogP) is 2.71. The summed E-state index contributed by atoms with van der Waals surface area (Å²) >= 11 is 6.93. The molecule has 7 heteroatoms. The van der Waals surface area contributed by atoms with Gasteiger partial charge in [0.15, 0.2) is 5.82 Å². The van der Waals surface area contributed by atoms with Crippen molar-refractivity contribution in [2.45, 2.75) is 16.8 Å². The van der Waals surface area contributed by atoms with E-state index in [1.54, 1.807) is 19.2 Å². The van der Waals surface area contributed by atoms with Crippen LogP contribution in [0, 0.1) is 12.9 Å². The zero-order valence-electron chi connectivity index (χ0n) is 8.82. The van der Waals surface area contributed by atoms with Crippen LogP contribution in [0.1, 0.15) is 5.69 Å². The molecule has 0 aliphatic heterocycles. The smallest absolute Gasteiger partial charge is 0.232 e. The summed E-state index contributed by atoms with van der Waals surface area (Å²) in [6, 6.07) is 1.59. The Bertz CT molecular complexity index is 564. The van der Waals surface area contributed by atoms with Gasteiger partial charge < -0.3 is 5.73 Å². The first-order chi connectivity index (χ1) is 8.08. The van der Waals surface area contributed by atoms with E-state index in [9.17, 15) is 4.39 Å². The maximum absolute atomic E-state index is 13.1. The maximum atomic E-state index is 13.1. The first kappa shape index (κ1) is 12.1. The second-order valence-electron chi connectivity index (χ2n) is 3.22. The van der Waals surface area contributed by atoms with Gasteiger partial charge in [0, 0.05) is 17.3 Å². The molecule has 2 aromatic rings. The van der Waals surface area contributed by atoms with Gasteiger partial charge in [-0.05, 0) is 13.0 Å². The van der Waals surface area contributed by atoms with Gasteiger partial charge in [-0.15, -0.1) is 0 Å². The van der Waals surface area contributed by atoms with Gasteiger partial charge in [0.25, 0.3) is 0 Å². The van der Waals surface area contributed by atoms with Gasteiger partial charge in [0.1, 0.15) is 10.0 Å². The van der Waals surface area contributed by atoms with Crippen LogP contribution in [-0.2, 0) is 0 Å². The van der Waals surface area contributed by atoms with Crippen molar-refractivity contribution >= 4 is 29.2 Å². The van der Waals surface area contributed by atoms with Crippen molar-refractivity contribution in [2.75, 3.05) is 5.73 Å². The van der Waals surface area contributed by atoms with Crippen molar-refractivity contribution in [2.24, 2.45) is 0 Å². The predicted molar refractivity (Wildman–Crippen MR) is 64.5 cm³/mol. The Morgan fingerprint density at radius 3 is 2.88 bits per heavy atom. The fourth-order valence-corrected chi connectivity index (χ4v) is 2.14. The lowest BCUT2D eigenvalue weighted by atomic mass is 10.5. The zero-order valence-corrected chi connectivity index (χ0v) is 10.4. The van der Waals surface area contributed by atoms with Gasteiger partial charge in [0.05, 0.1) is 5.69 Å². The fourth-order valence-electron chi connectivity index (χ4n) is 1.15. The van der Waals surface area contributed by atoms with Gasteiger partial charge in [-0.1, -0.05) is 23.4 Å². The monoisotopic (exact) mass is 270 g/mol. The second kappa shape index (κ2) is 4.85. The number of halogens is 2. The average Bonchev–Trinajstić information content (AvgIpc) is 2.28. The number of nitrogen functional groups attached to an aromatic ring is 1. The largest absolute Gasteiger partial charge is 0.381 e. The molecule has 4 nitrogen and oxygen atoms in total. The Hall–Kier alpha value is -1.40. The van der Waals surface area contributed by atoms with Crippen molar-refractivity contribution in [1.29, 1.82) is 0 Å². The van der Waals surface area contributed by atoms with Crippen LogP contribution in [0.2, 0.25) is 5.02 Å². The number of aromatic nitrogens is 3. The molecule has 0 atom stereocenters. The van der Waals surface area contributed by atoms with Gasteiger partial charge >= 0.3 is 0 Å². The van der Waals surface area contributed by atoms with Crippen molar-refractivity contribution in [1.82, 2.24) is 15.0 Å². The molecule has 2 N–H and O–H groups in total. The molecule has 0 fully saturated rings. The van der Waals surface area contributed by atoms with Crippen LogP contribution in [0.3, 0.4) is 0 Å². The third-order valence-electron chi connectivity index (χ3n) is 1.90. The third-order valence-corrected chi connectivity index (χ3v) is 3.44. The van der Waals surface area contributed by atoms with E-state index in [1.807, 2.05) is 0 Å². The lowest BCUT2D eigenvalue weighted by Crippen LogP contribution is -1.97. The number of rotatable bonds is 2. The van der Waals surface area contributed by atoms with Crippen molar-refractivity contribution in [3.05, 3.63) is 35.1 Å². The summed E-state index contributed by atoms with van der Waals surface area (Å²) in [5.41, 5.74) is 6.43. The van der Waals surface area contributed by atoms with Crippen molar-refractivity contribution in [3.63, 3.8) is 0 Å². The summed E-state index contributed by atoms with van der Waals surface area (Å²) in [6.07, 6.45) is 2.92. The Kier molecular flexibility index (Phi) is 3.44. The summed E-state index contributed by atoms with van der Waals surface area (Å²) < 4.78 is 13.1. The number of anilines is 1. The molecule has 2 heterocycles. The van der Waals surface area contributed by atoms with E-state index in [-0.39, 0.29) is 5.02 Å². The molecule has 0 unspecified atom stereocenters. The molecule has 0 saturated heterocycles. The quantitative estimate of drug-likeness (QED) is 0.850. The molecule has 0 radical (unpaired) electrons. The van der Waals surface area contributed by atoms with Crippen LogP contribution in [-0.4, -0.2) is 15.0 Å². The van der Waals surface area contributed by atoms with Gasteiger partial charge in [-0.2, -0.15) is 4.39 Å². The number of aryl methyl sites for hydroxylation is 1. The highest BCUT2D eigenvalue weighted by Gasteiger charge is 2.11. The van der Waals surface area contributed by atoms with Crippen LogP contribution in [0.25, 0.3) is 0 Å². The van der Waals surface area contributed by atoms with Crippen LogP contribution >= 0.6 is 23.4 Å². The fraction of sp³-hybridized carbons (Fsp3) is 0.100. The molecule has 0 aromatic carbocycles. The molecule has 2 aromatic heterocycles. The maximum Gasteiger partial charge on any atom is 0.232 e. The zero-order chi connectivity index (χ0) is 12.4. The van der Waals surface area contributed by atoms with E-state index in [0.717, 1.165) is 17.5 Å². The molecule has 0 saturated carbocycles. The average molecular weight is 271 g/mol. The minimum atomic E-state index is -0.713. The molecule has 88 valence electrons. The highest BCUT2D eigenvalue weighted by Crippen LogP contribution is 2.34. The molecule has 0 spiro atoms. The summed E-state index contributed by atoms with van der Waals surface area (Å²) in [5, 5.41) is 0.447. The van der Waals surface area contributed by atoms with Crippen molar-refractivity contribution < 1.29 is 4.39 Å². The summed E-state index contributed by atoms with van der Waals surface area (Å²) in [5.74, 6) is -0.418. The standard InChI is InChI=1S/C10H8ClFN4S/c1-5-4-15-10(9(13)16-5)17-6-2-3-14-8(12)7(6)11/h2-4H,1H3,(H2,13,16). The van der Waals surface area contributed by atoms with Gasteiger partial charge in [-0.25, -0.2) is 15.0 Å². The number of nitrogens with two attached hydrogens (primary N) is 1. The number of nitrogens with zero attached hydrogens (tertiary/aromatic N) is 3. The SMILES string of the molecule is Cc1cnc(Sc2ccnc(F)c2Cl)c(N)n1. The molecular formula is C10H8ClFN4S. The number of pyridine rings is 1. The van der Waals surface area contributed by atoms with E-state index >= 15 is 0 Å². The highest BCUT2D eigenvalue weighted by molar-refractivity contribution is 7.99. The topological polar surface area (TPSA) is 64.7 Å². The van der Waals surface area contributed by atoms with E-state index in [1.165, 1.54) is 6.20 Å². The lowest BCUT2D eigenvalue weighted by Gasteiger charge is -2.05. The van der Waals surface area contributed by atoms with Crippen LogP contribution < -0.4 is 5.73 Å². The Labute approximate surface area is 106 Å². The molecule has 2 rings (SSSR count).